The molecule has 0 saturated carbocycles. The number of nitrogens with two attached hydrogens (primary N) is 1. The Bertz CT molecular complexity index is 1070. The molecule has 0 aliphatic heterocycles. The molecule has 3 heterocycles. The second-order valence-corrected chi connectivity index (χ2v) is 5.98. The average Bonchev–Trinajstić information content (AvgIpc) is 3.05. The first-order chi connectivity index (χ1) is 13.1. The van der Waals surface area contributed by atoms with Crippen LogP contribution in [0.2, 0.25) is 0 Å². The molecule has 9 nitrogen and oxygen atoms in total. The molecule has 0 fully saturated rings. The molecule has 27 heavy (non-hydrogen) atoms. The van der Waals surface area contributed by atoms with Crippen molar-refractivity contribution in [3.05, 3.63) is 72.8 Å². The Morgan fingerprint density at radius 2 is 1.81 bits per heavy atom. The Morgan fingerprint density at radius 3 is 2.52 bits per heavy atom. The molecule has 10 heteroatoms. The van der Waals surface area contributed by atoms with Crippen molar-refractivity contribution in [3.63, 3.8) is 0 Å². The van der Waals surface area contributed by atoms with Crippen LogP contribution in [0.5, 0.6) is 0 Å². The van der Waals surface area contributed by atoms with Gasteiger partial charge in [-0.25, -0.2) is 23.2 Å². The van der Waals surface area contributed by atoms with Gasteiger partial charge in [0.05, 0.1) is 18.1 Å². The van der Waals surface area contributed by atoms with Crippen molar-refractivity contribution in [2.24, 2.45) is 5.14 Å². The first-order valence-electron chi connectivity index (χ1n) is 7.90. The Morgan fingerprint density at radius 1 is 1.04 bits per heavy atom. The number of nitrogens with zero attached hydrogens (tertiary/aromatic N) is 5. The number of fused-ring (bicyclic) bond motifs is 1. The molecule has 3 N–H and O–H groups in total. The van der Waals surface area contributed by atoms with Crippen LogP contribution in [0.1, 0.15) is 5.56 Å². The maximum Gasteiger partial charge on any atom is 0.229 e. The smallest absolute Gasteiger partial charge is 0.229 e. The van der Waals surface area contributed by atoms with E-state index in [0.29, 0.717) is 12.5 Å². The topological polar surface area (TPSA) is 129 Å². The van der Waals surface area contributed by atoms with Gasteiger partial charge in [-0.15, -0.1) is 0 Å². The average molecular weight is 383 g/mol. The van der Waals surface area contributed by atoms with Crippen molar-refractivity contribution in [1.82, 2.24) is 24.7 Å². The Hall–Kier alpha value is -3.37. The fraction of sp³-hybridized carbons (Fsp3) is 0.0588. The van der Waals surface area contributed by atoms with Crippen LogP contribution in [0.3, 0.4) is 0 Å². The molecule has 0 aliphatic carbocycles. The third-order valence-electron chi connectivity index (χ3n) is 3.46. The summed E-state index contributed by atoms with van der Waals surface area (Å²) < 4.78 is 19.5. The highest BCUT2D eigenvalue weighted by atomic mass is 32.2. The van der Waals surface area contributed by atoms with Crippen LogP contribution in [0.4, 0.5) is 11.6 Å². The molecule has 0 atom stereocenters. The molecule has 1 aromatic carbocycles. The zero-order valence-electron chi connectivity index (χ0n) is 14.1. The predicted molar refractivity (Wildman–Crippen MR) is 103 cm³/mol. The van der Waals surface area contributed by atoms with Crippen molar-refractivity contribution in [3.8, 4) is 0 Å². The molecular formula is C17H17N7O2S. The van der Waals surface area contributed by atoms with Crippen molar-refractivity contribution in [2.45, 2.75) is 6.54 Å². The summed E-state index contributed by atoms with van der Waals surface area (Å²) in [4.78, 5) is 13.1. The highest BCUT2D eigenvalue weighted by Crippen LogP contribution is 2.16. The van der Waals surface area contributed by atoms with Crippen molar-refractivity contribution in [1.29, 1.82) is 0 Å². The normalized spacial score (nSPS) is 10.4. The van der Waals surface area contributed by atoms with Crippen molar-refractivity contribution >= 4 is 33.6 Å². The van der Waals surface area contributed by atoms with Gasteiger partial charge in [-0.05, 0) is 23.8 Å². The Kier molecular flexibility index (Phi) is 6.02. The molecule has 0 bridgehead atoms. The molecule has 0 aliphatic rings. The van der Waals surface area contributed by atoms with Crippen LogP contribution in [-0.4, -0.2) is 33.2 Å². The lowest BCUT2D eigenvalue weighted by Crippen LogP contribution is -2.04. The number of hydrogen-bond acceptors (Lipinski definition) is 7. The lowest BCUT2D eigenvalue weighted by atomic mass is 10.3. The summed E-state index contributed by atoms with van der Waals surface area (Å²) in [6.45, 7) is 0.624. The van der Waals surface area contributed by atoms with Crippen LogP contribution in [0, 0.1) is 0 Å². The van der Waals surface area contributed by atoms with Gasteiger partial charge < -0.3 is 5.32 Å². The van der Waals surface area contributed by atoms with E-state index in [9.17, 15) is 0 Å². The molecule has 3 aromatic heterocycles. The fourth-order valence-electron chi connectivity index (χ4n) is 2.36. The maximum absolute atomic E-state index is 8.81. The second kappa shape index (κ2) is 8.83. The number of aromatic nitrogens is 5. The standard InChI is InChI=1S/C17H14N6.H3NO2S/c1-2-6-15(7-3-1)21-17-19-10-14-11-20-23(16(14)22-17)12-13-5-4-8-18-9-13;1-4(2)3/h1-11H,12H2,(H,19,21,22);4H,(H2,1,2,3). The summed E-state index contributed by atoms with van der Waals surface area (Å²) in [5.41, 5.74) is 2.82. The van der Waals surface area contributed by atoms with Gasteiger partial charge in [0, 0.05) is 24.3 Å². The lowest BCUT2D eigenvalue weighted by molar-refractivity contribution is 0.616. The van der Waals surface area contributed by atoms with Crippen LogP contribution in [-0.2, 0) is 17.4 Å². The van der Waals surface area contributed by atoms with Gasteiger partial charge >= 0.3 is 0 Å². The third kappa shape index (κ3) is 5.30. The monoisotopic (exact) mass is 383 g/mol. The molecule has 0 radical (unpaired) electrons. The second-order valence-electron chi connectivity index (χ2n) is 5.41. The molecule has 0 amide bonds. The van der Waals surface area contributed by atoms with Crippen molar-refractivity contribution in [2.75, 3.05) is 5.32 Å². The van der Waals surface area contributed by atoms with Crippen LogP contribution >= 0.6 is 0 Å². The van der Waals surface area contributed by atoms with Gasteiger partial charge in [0.1, 0.15) is 0 Å². The summed E-state index contributed by atoms with van der Waals surface area (Å²) >= 11 is 0. The molecule has 4 rings (SSSR count). The molecular weight excluding hydrogens is 366 g/mol. The van der Waals surface area contributed by atoms with E-state index in [1.165, 1.54) is 0 Å². The summed E-state index contributed by atoms with van der Waals surface area (Å²) in [7, 11) is -2.62. The zero-order chi connectivity index (χ0) is 19.1. The van der Waals surface area contributed by atoms with Gasteiger partial charge in [0.2, 0.25) is 5.95 Å². The number of anilines is 2. The minimum atomic E-state index is -2.62. The number of hydrogen-bond donors (Lipinski definition) is 3. The van der Waals surface area contributed by atoms with Crippen LogP contribution < -0.4 is 10.5 Å². The highest BCUT2D eigenvalue weighted by molar-refractivity contribution is 7.69. The van der Waals surface area contributed by atoms with Gasteiger partial charge in [-0.1, -0.05) is 24.3 Å². The fourth-order valence-corrected chi connectivity index (χ4v) is 2.36. The molecule has 0 saturated heterocycles. The van der Waals surface area contributed by atoms with E-state index in [4.69, 9.17) is 8.42 Å². The summed E-state index contributed by atoms with van der Waals surface area (Å²) in [6.07, 6.45) is 7.14. The highest BCUT2D eigenvalue weighted by Gasteiger charge is 2.07. The van der Waals surface area contributed by atoms with E-state index in [1.807, 2.05) is 53.3 Å². The first kappa shape index (κ1) is 18.4. The van der Waals surface area contributed by atoms with E-state index >= 15 is 0 Å². The van der Waals surface area contributed by atoms with E-state index in [0.717, 1.165) is 22.3 Å². The van der Waals surface area contributed by atoms with Crippen molar-refractivity contribution < 1.29 is 8.42 Å². The van der Waals surface area contributed by atoms with Gasteiger partial charge in [0.15, 0.2) is 16.5 Å². The number of benzene rings is 1. The SMILES string of the molecule is N[SH](=O)=O.c1ccc(Nc2ncc3cnn(Cc4cccnc4)c3n2)cc1. The van der Waals surface area contributed by atoms with E-state index in [-0.39, 0.29) is 0 Å². The van der Waals surface area contributed by atoms with Gasteiger partial charge in [-0.3, -0.25) is 4.98 Å². The number of thiol groups is 1. The largest absolute Gasteiger partial charge is 0.324 e. The number of nitrogens with one attached hydrogen (secondary N) is 1. The van der Waals surface area contributed by atoms with Crippen LogP contribution in [0.25, 0.3) is 11.0 Å². The predicted octanol–water partition coefficient (Wildman–Crippen LogP) is 1.48. The molecule has 138 valence electrons. The zero-order valence-corrected chi connectivity index (χ0v) is 15.0. The van der Waals surface area contributed by atoms with Crippen LogP contribution in [0.15, 0.2) is 67.3 Å². The number of pyridine rings is 1. The number of para-hydroxylation sites is 1. The van der Waals surface area contributed by atoms with Gasteiger partial charge in [0.25, 0.3) is 0 Å². The summed E-state index contributed by atoms with van der Waals surface area (Å²) in [6, 6.07) is 13.8. The van der Waals surface area contributed by atoms with E-state index in [2.05, 4.69) is 30.5 Å². The minimum Gasteiger partial charge on any atom is -0.324 e. The van der Waals surface area contributed by atoms with E-state index in [1.54, 1.807) is 18.6 Å². The number of rotatable bonds is 4. The van der Waals surface area contributed by atoms with E-state index < -0.39 is 10.9 Å². The quantitative estimate of drug-likeness (QED) is 0.455. The maximum atomic E-state index is 8.81. The third-order valence-corrected chi connectivity index (χ3v) is 3.46. The lowest BCUT2D eigenvalue weighted by Gasteiger charge is -2.06. The Balaban J connectivity index is 0.000000481. The molecule has 0 spiro atoms. The molecule has 0 unspecified atom stereocenters. The van der Waals surface area contributed by atoms with Gasteiger partial charge in [-0.2, -0.15) is 10.1 Å². The summed E-state index contributed by atoms with van der Waals surface area (Å²) in [5.74, 6) is 0.552. The Labute approximate surface area is 157 Å². The molecule has 4 aromatic rings. The summed E-state index contributed by atoms with van der Waals surface area (Å²) in [5, 5.41) is 12.6. The first-order valence-corrected chi connectivity index (χ1v) is 9.15. The minimum absolute atomic E-state index is 0.552.